The van der Waals surface area contributed by atoms with E-state index in [0.29, 0.717) is 12.1 Å². The fourth-order valence-electron chi connectivity index (χ4n) is 3.91. The number of aromatic nitrogens is 3. The minimum atomic E-state index is -0.0891. The smallest absolute Gasteiger partial charge is 0.252 e. The lowest BCUT2D eigenvalue weighted by molar-refractivity contribution is 0.0952. The zero-order valence-electron chi connectivity index (χ0n) is 16.6. The summed E-state index contributed by atoms with van der Waals surface area (Å²) >= 11 is 0. The number of amides is 1. The summed E-state index contributed by atoms with van der Waals surface area (Å²) in [6.45, 7) is 8.79. The molecule has 4 rings (SSSR count). The number of aryl methyl sites for hydroxylation is 2. The van der Waals surface area contributed by atoms with Crippen molar-refractivity contribution in [3.05, 3.63) is 59.0 Å². The Kier molecular flexibility index (Phi) is 5.39. The van der Waals surface area contributed by atoms with Crippen molar-refractivity contribution in [1.29, 1.82) is 0 Å². The van der Waals surface area contributed by atoms with Crippen LogP contribution in [0.3, 0.4) is 0 Å². The van der Waals surface area contributed by atoms with Crippen LogP contribution in [0.5, 0.6) is 0 Å². The largest absolute Gasteiger partial charge is 0.346 e. The number of hydrogen-bond donors (Lipinski definition) is 1. The summed E-state index contributed by atoms with van der Waals surface area (Å²) in [6.07, 6.45) is 3.97. The van der Waals surface area contributed by atoms with Crippen LogP contribution in [0.4, 0.5) is 0 Å². The molecule has 0 bridgehead atoms. The maximum atomic E-state index is 12.8. The van der Waals surface area contributed by atoms with Gasteiger partial charge in [0.1, 0.15) is 0 Å². The molecule has 3 heterocycles. The highest BCUT2D eigenvalue weighted by atomic mass is 16.1. The zero-order valence-corrected chi connectivity index (χ0v) is 16.6. The van der Waals surface area contributed by atoms with Gasteiger partial charge in [0.2, 0.25) is 0 Å². The molecule has 1 amide bonds. The molecule has 0 radical (unpaired) electrons. The van der Waals surface area contributed by atoms with Crippen molar-refractivity contribution in [2.45, 2.75) is 46.3 Å². The van der Waals surface area contributed by atoms with Crippen LogP contribution < -0.4 is 5.32 Å². The van der Waals surface area contributed by atoms with E-state index in [1.54, 1.807) is 12.3 Å². The second kappa shape index (κ2) is 8.10. The third-order valence-electron chi connectivity index (χ3n) is 5.26. The maximum Gasteiger partial charge on any atom is 0.252 e. The highest BCUT2D eigenvalue weighted by Crippen LogP contribution is 2.19. The zero-order chi connectivity index (χ0) is 19.5. The Morgan fingerprint density at radius 2 is 2.11 bits per heavy atom. The SMILES string of the molecule is CCCN1CCCn2nc(CNC(=O)c3ccnc4ccc(C)cc34)cc2C1. The molecule has 0 aliphatic carbocycles. The maximum absolute atomic E-state index is 12.8. The van der Waals surface area contributed by atoms with Gasteiger partial charge in [0, 0.05) is 31.2 Å². The number of hydrogen-bond acceptors (Lipinski definition) is 4. The molecule has 1 aromatic carbocycles. The molecule has 6 nitrogen and oxygen atoms in total. The first-order chi connectivity index (χ1) is 13.6. The molecule has 1 aliphatic heterocycles. The molecular weight excluding hydrogens is 350 g/mol. The molecule has 28 heavy (non-hydrogen) atoms. The molecule has 0 spiro atoms. The summed E-state index contributed by atoms with van der Waals surface area (Å²) < 4.78 is 2.10. The van der Waals surface area contributed by atoms with Crippen LogP contribution in [-0.4, -0.2) is 38.7 Å². The third-order valence-corrected chi connectivity index (χ3v) is 5.26. The highest BCUT2D eigenvalue weighted by molar-refractivity contribution is 6.06. The molecule has 1 N–H and O–H groups in total. The Hall–Kier alpha value is -2.73. The lowest BCUT2D eigenvalue weighted by Crippen LogP contribution is -2.24. The first-order valence-electron chi connectivity index (χ1n) is 10.1. The molecule has 0 fully saturated rings. The molecule has 6 heteroatoms. The highest BCUT2D eigenvalue weighted by Gasteiger charge is 2.17. The number of fused-ring (bicyclic) bond motifs is 2. The van der Waals surface area contributed by atoms with Crippen molar-refractivity contribution in [1.82, 2.24) is 25.0 Å². The summed E-state index contributed by atoms with van der Waals surface area (Å²) in [7, 11) is 0. The van der Waals surface area contributed by atoms with E-state index < -0.39 is 0 Å². The number of carbonyl (C=O) groups is 1. The summed E-state index contributed by atoms with van der Waals surface area (Å²) in [4.78, 5) is 19.6. The molecule has 0 unspecified atom stereocenters. The summed E-state index contributed by atoms with van der Waals surface area (Å²) in [5, 5.41) is 8.63. The van der Waals surface area contributed by atoms with Crippen molar-refractivity contribution in [3.8, 4) is 0 Å². The fraction of sp³-hybridized carbons (Fsp3) is 0.409. The second-order valence-corrected chi connectivity index (χ2v) is 7.54. The summed E-state index contributed by atoms with van der Waals surface area (Å²) in [5.41, 5.74) is 4.76. The fourth-order valence-corrected chi connectivity index (χ4v) is 3.91. The van der Waals surface area contributed by atoms with Gasteiger partial charge in [0.25, 0.3) is 5.91 Å². The van der Waals surface area contributed by atoms with Gasteiger partial charge in [-0.1, -0.05) is 18.6 Å². The predicted octanol–water partition coefficient (Wildman–Crippen LogP) is 3.29. The minimum Gasteiger partial charge on any atom is -0.346 e. The van der Waals surface area contributed by atoms with Crippen LogP contribution in [0.2, 0.25) is 0 Å². The normalized spacial score (nSPS) is 14.6. The number of nitrogens with one attached hydrogen (secondary N) is 1. The Labute approximate surface area is 165 Å². The van der Waals surface area contributed by atoms with Crippen LogP contribution in [-0.2, 0) is 19.6 Å². The van der Waals surface area contributed by atoms with Crippen LogP contribution in [0, 0.1) is 6.92 Å². The Balaban J connectivity index is 1.48. The number of nitrogens with zero attached hydrogens (tertiary/aromatic N) is 4. The number of carbonyl (C=O) groups excluding carboxylic acids is 1. The summed E-state index contributed by atoms with van der Waals surface area (Å²) in [6, 6.07) is 9.89. The van der Waals surface area contributed by atoms with Crippen molar-refractivity contribution < 1.29 is 4.79 Å². The van der Waals surface area contributed by atoms with Gasteiger partial charge < -0.3 is 5.32 Å². The van der Waals surface area contributed by atoms with E-state index in [9.17, 15) is 4.79 Å². The average Bonchev–Trinajstić information content (AvgIpc) is 2.97. The standard InChI is InChI=1S/C22H27N5O/c1-3-9-26-10-4-11-27-18(15-26)13-17(25-27)14-24-22(28)19-7-8-23-21-6-5-16(2)12-20(19)21/h5-8,12-13H,3-4,9-11,14-15H2,1-2H3,(H,24,28). The van der Waals surface area contributed by atoms with E-state index in [1.165, 1.54) is 5.69 Å². The Morgan fingerprint density at radius 3 is 2.96 bits per heavy atom. The molecule has 3 aromatic rings. The first kappa shape index (κ1) is 18.6. The van der Waals surface area contributed by atoms with Gasteiger partial charge in [0.05, 0.1) is 29.0 Å². The molecule has 146 valence electrons. The molecule has 0 saturated heterocycles. The van der Waals surface area contributed by atoms with Gasteiger partial charge >= 0.3 is 0 Å². The van der Waals surface area contributed by atoms with Crippen LogP contribution in [0.25, 0.3) is 10.9 Å². The van der Waals surface area contributed by atoms with Crippen LogP contribution in [0.1, 0.15) is 47.1 Å². The van der Waals surface area contributed by atoms with E-state index in [4.69, 9.17) is 5.10 Å². The lowest BCUT2D eigenvalue weighted by Gasteiger charge is -2.17. The van der Waals surface area contributed by atoms with Gasteiger partial charge in [-0.05, 0) is 50.6 Å². The second-order valence-electron chi connectivity index (χ2n) is 7.54. The number of benzene rings is 1. The average molecular weight is 377 g/mol. The van der Waals surface area contributed by atoms with Crippen molar-refractivity contribution in [2.24, 2.45) is 0 Å². The topological polar surface area (TPSA) is 63.1 Å². The quantitative estimate of drug-likeness (QED) is 0.741. The Bertz CT molecular complexity index is 994. The monoisotopic (exact) mass is 377 g/mol. The van der Waals surface area contributed by atoms with E-state index in [-0.39, 0.29) is 5.91 Å². The lowest BCUT2D eigenvalue weighted by atomic mass is 10.1. The van der Waals surface area contributed by atoms with E-state index in [2.05, 4.69) is 32.9 Å². The molecular formula is C22H27N5O. The van der Waals surface area contributed by atoms with Crippen LogP contribution in [0.15, 0.2) is 36.5 Å². The summed E-state index contributed by atoms with van der Waals surface area (Å²) in [5.74, 6) is -0.0891. The van der Waals surface area contributed by atoms with E-state index >= 15 is 0 Å². The van der Waals surface area contributed by atoms with E-state index in [1.807, 2.05) is 25.1 Å². The van der Waals surface area contributed by atoms with Gasteiger partial charge in [0.15, 0.2) is 0 Å². The minimum absolute atomic E-state index is 0.0891. The third kappa shape index (κ3) is 3.92. The number of pyridine rings is 1. The van der Waals surface area contributed by atoms with Crippen molar-refractivity contribution in [2.75, 3.05) is 13.1 Å². The van der Waals surface area contributed by atoms with Crippen molar-refractivity contribution >= 4 is 16.8 Å². The van der Waals surface area contributed by atoms with Crippen LogP contribution >= 0.6 is 0 Å². The van der Waals surface area contributed by atoms with Gasteiger partial charge in [-0.25, -0.2) is 0 Å². The molecule has 0 saturated carbocycles. The first-order valence-corrected chi connectivity index (χ1v) is 10.1. The molecule has 0 atom stereocenters. The van der Waals surface area contributed by atoms with Gasteiger partial charge in [-0.2, -0.15) is 5.10 Å². The Morgan fingerprint density at radius 1 is 1.21 bits per heavy atom. The molecule has 2 aromatic heterocycles. The van der Waals surface area contributed by atoms with E-state index in [0.717, 1.165) is 61.2 Å². The van der Waals surface area contributed by atoms with Gasteiger partial charge in [-0.3, -0.25) is 19.4 Å². The number of rotatable bonds is 5. The predicted molar refractivity (Wildman–Crippen MR) is 110 cm³/mol. The van der Waals surface area contributed by atoms with Gasteiger partial charge in [-0.15, -0.1) is 0 Å². The molecule has 1 aliphatic rings. The van der Waals surface area contributed by atoms with Crippen molar-refractivity contribution in [3.63, 3.8) is 0 Å².